The van der Waals surface area contributed by atoms with E-state index < -0.39 is 10.8 Å². The van der Waals surface area contributed by atoms with Crippen molar-refractivity contribution in [2.75, 3.05) is 0 Å². The van der Waals surface area contributed by atoms with Crippen molar-refractivity contribution in [3.8, 4) is 33.8 Å². The molecule has 0 aliphatic rings. The van der Waals surface area contributed by atoms with Crippen LogP contribution >= 0.6 is 0 Å². The van der Waals surface area contributed by atoms with E-state index in [-0.39, 0.29) is 33.9 Å². The molecule has 0 saturated heterocycles. The van der Waals surface area contributed by atoms with Gasteiger partial charge in [-0.15, -0.1) is 0 Å². The Hall–Kier alpha value is -3.87. The fourth-order valence-corrected chi connectivity index (χ4v) is 2.80. The van der Waals surface area contributed by atoms with Gasteiger partial charge in [-0.3, -0.25) is 14.9 Å². The fourth-order valence-electron chi connectivity index (χ4n) is 2.80. The van der Waals surface area contributed by atoms with Gasteiger partial charge < -0.3 is 15.9 Å². The highest BCUT2D eigenvalue weighted by Gasteiger charge is 2.25. The van der Waals surface area contributed by atoms with Crippen LogP contribution in [0, 0.1) is 10.1 Å². The number of nitrogens with zero attached hydrogens (tertiary/aromatic N) is 1. The van der Waals surface area contributed by atoms with E-state index in [1.807, 2.05) is 0 Å². The highest BCUT2D eigenvalue weighted by Crippen LogP contribution is 2.42. The van der Waals surface area contributed by atoms with Crippen LogP contribution in [-0.4, -0.2) is 21.0 Å². The van der Waals surface area contributed by atoms with Crippen molar-refractivity contribution >= 4 is 11.6 Å². The Morgan fingerprint density at radius 1 is 0.808 bits per heavy atom. The van der Waals surface area contributed by atoms with Crippen molar-refractivity contribution in [1.29, 1.82) is 0 Å². The number of phenols is 2. The number of phenolic OH excluding ortho intramolecular Hbond substituents is 2. The molecule has 26 heavy (non-hydrogen) atoms. The van der Waals surface area contributed by atoms with Gasteiger partial charge in [0.05, 0.1) is 10.5 Å². The zero-order valence-electron chi connectivity index (χ0n) is 13.4. The van der Waals surface area contributed by atoms with Gasteiger partial charge >= 0.3 is 0 Å². The van der Waals surface area contributed by atoms with Gasteiger partial charge in [0.25, 0.3) is 5.69 Å². The van der Waals surface area contributed by atoms with Crippen LogP contribution in [0.15, 0.2) is 60.7 Å². The Labute approximate surface area is 148 Å². The van der Waals surface area contributed by atoms with Gasteiger partial charge in [-0.1, -0.05) is 24.3 Å². The third-order valence-corrected chi connectivity index (χ3v) is 3.96. The minimum atomic E-state index is -0.733. The predicted molar refractivity (Wildman–Crippen MR) is 95.8 cm³/mol. The molecular weight excluding hydrogens is 336 g/mol. The Morgan fingerprint density at radius 2 is 1.27 bits per heavy atom. The van der Waals surface area contributed by atoms with E-state index in [1.54, 1.807) is 12.1 Å². The van der Waals surface area contributed by atoms with E-state index in [4.69, 9.17) is 5.73 Å². The molecule has 0 aromatic heterocycles. The molecule has 0 aliphatic carbocycles. The van der Waals surface area contributed by atoms with Gasteiger partial charge in [0, 0.05) is 17.2 Å². The maximum atomic E-state index is 11.9. The minimum Gasteiger partial charge on any atom is -0.508 e. The van der Waals surface area contributed by atoms with Crippen molar-refractivity contribution in [3.63, 3.8) is 0 Å². The van der Waals surface area contributed by atoms with Crippen LogP contribution in [0.3, 0.4) is 0 Å². The summed E-state index contributed by atoms with van der Waals surface area (Å²) in [6.45, 7) is 0. The molecule has 4 N–H and O–H groups in total. The first-order valence-corrected chi connectivity index (χ1v) is 7.58. The van der Waals surface area contributed by atoms with Crippen molar-refractivity contribution in [3.05, 3.63) is 76.3 Å². The smallest absolute Gasteiger partial charge is 0.277 e. The lowest BCUT2D eigenvalue weighted by Crippen LogP contribution is -2.13. The van der Waals surface area contributed by atoms with Gasteiger partial charge in [-0.25, -0.2) is 0 Å². The van der Waals surface area contributed by atoms with Crippen molar-refractivity contribution in [1.82, 2.24) is 0 Å². The summed E-state index contributed by atoms with van der Waals surface area (Å²) in [7, 11) is 0. The van der Waals surface area contributed by atoms with E-state index in [9.17, 15) is 25.1 Å². The van der Waals surface area contributed by atoms with Crippen LogP contribution in [0.2, 0.25) is 0 Å². The summed E-state index contributed by atoms with van der Waals surface area (Å²) in [4.78, 5) is 23.0. The van der Waals surface area contributed by atoms with E-state index >= 15 is 0 Å². The molecule has 0 radical (unpaired) electrons. The molecule has 0 heterocycles. The largest absolute Gasteiger partial charge is 0.508 e. The number of benzene rings is 3. The number of nitrogens with two attached hydrogens (primary N) is 1. The predicted octanol–water partition coefficient (Wildman–Crippen LogP) is 3.44. The Bertz CT molecular complexity index is 913. The number of primary amides is 1. The molecule has 0 aliphatic heterocycles. The molecule has 1 amide bonds. The molecule has 3 aromatic rings. The summed E-state index contributed by atoms with van der Waals surface area (Å²) in [6, 6.07) is 14.3. The summed E-state index contributed by atoms with van der Waals surface area (Å²) < 4.78 is 0. The van der Waals surface area contributed by atoms with Gasteiger partial charge in [-0.05, 0) is 41.5 Å². The Balaban J connectivity index is 2.42. The molecule has 0 atom stereocenters. The highest BCUT2D eigenvalue weighted by molar-refractivity contribution is 6.06. The number of carbonyl (C=O) groups is 1. The third-order valence-electron chi connectivity index (χ3n) is 3.96. The lowest BCUT2D eigenvalue weighted by atomic mass is 9.88. The number of aromatic hydroxyl groups is 2. The van der Waals surface area contributed by atoms with Crippen molar-refractivity contribution in [2.24, 2.45) is 5.73 Å². The van der Waals surface area contributed by atoms with Crippen molar-refractivity contribution < 1.29 is 19.9 Å². The zero-order chi connectivity index (χ0) is 18.8. The normalized spacial score (nSPS) is 10.5. The minimum absolute atomic E-state index is 0.00800. The fraction of sp³-hybridized carbons (Fsp3) is 0. The van der Waals surface area contributed by atoms with E-state index in [1.165, 1.54) is 48.5 Å². The second-order valence-corrected chi connectivity index (χ2v) is 5.60. The molecular formula is C19H14N2O5. The Kier molecular flexibility index (Phi) is 4.28. The second-order valence-electron chi connectivity index (χ2n) is 5.60. The molecule has 0 spiro atoms. The van der Waals surface area contributed by atoms with Crippen molar-refractivity contribution in [2.45, 2.75) is 0 Å². The number of nitro groups is 1. The standard InChI is InChI=1S/C19H14N2O5/c20-19(24)15-9-10-16(21(25)26)18(12-3-7-14(23)8-4-12)17(15)11-1-5-13(22)6-2-11/h1-10,22-23H,(H2,20,24). The van der Waals surface area contributed by atoms with Crippen LogP contribution in [0.25, 0.3) is 22.3 Å². The maximum absolute atomic E-state index is 11.9. The number of amides is 1. The second kappa shape index (κ2) is 6.56. The summed E-state index contributed by atoms with van der Waals surface area (Å²) >= 11 is 0. The number of nitro benzene ring substituents is 1. The summed E-state index contributed by atoms with van der Waals surface area (Å²) in [6.07, 6.45) is 0. The first kappa shape index (κ1) is 17.0. The topological polar surface area (TPSA) is 127 Å². The summed E-state index contributed by atoms with van der Waals surface area (Å²) in [5.74, 6) is -0.706. The van der Waals surface area contributed by atoms with Gasteiger partial charge in [0.1, 0.15) is 11.5 Å². The van der Waals surface area contributed by atoms with Crippen LogP contribution < -0.4 is 5.73 Å². The lowest BCUT2D eigenvalue weighted by Gasteiger charge is -2.14. The lowest BCUT2D eigenvalue weighted by molar-refractivity contribution is -0.384. The van der Waals surface area contributed by atoms with E-state index in [0.717, 1.165) is 0 Å². The van der Waals surface area contributed by atoms with Gasteiger partial charge in [0.2, 0.25) is 5.91 Å². The quantitative estimate of drug-likeness (QED) is 0.491. The van der Waals surface area contributed by atoms with E-state index in [2.05, 4.69) is 0 Å². The highest BCUT2D eigenvalue weighted by atomic mass is 16.6. The zero-order valence-corrected chi connectivity index (χ0v) is 13.4. The Morgan fingerprint density at radius 3 is 1.69 bits per heavy atom. The molecule has 0 saturated carbocycles. The molecule has 3 aromatic carbocycles. The van der Waals surface area contributed by atoms with Crippen LogP contribution in [-0.2, 0) is 0 Å². The monoisotopic (exact) mass is 350 g/mol. The first-order chi connectivity index (χ1) is 12.4. The third kappa shape index (κ3) is 3.05. The number of rotatable bonds is 4. The molecule has 3 rings (SSSR count). The first-order valence-electron chi connectivity index (χ1n) is 7.58. The summed E-state index contributed by atoms with van der Waals surface area (Å²) in [5, 5.41) is 30.6. The average Bonchev–Trinajstić information content (AvgIpc) is 2.61. The molecule has 0 unspecified atom stereocenters. The van der Waals surface area contributed by atoms with Crippen LogP contribution in [0.4, 0.5) is 5.69 Å². The van der Waals surface area contributed by atoms with Gasteiger partial charge in [0.15, 0.2) is 0 Å². The maximum Gasteiger partial charge on any atom is 0.277 e. The van der Waals surface area contributed by atoms with Crippen LogP contribution in [0.5, 0.6) is 11.5 Å². The van der Waals surface area contributed by atoms with Crippen LogP contribution in [0.1, 0.15) is 10.4 Å². The molecule has 0 bridgehead atoms. The molecule has 7 heteroatoms. The molecule has 130 valence electrons. The van der Waals surface area contributed by atoms with E-state index in [0.29, 0.717) is 11.1 Å². The number of hydrogen-bond donors (Lipinski definition) is 3. The molecule has 0 fully saturated rings. The average molecular weight is 350 g/mol. The number of hydrogen-bond acceptors (Lipinski definition) is 5. The summed E-state index contributed by atoms with van der Waals surface area (Å²) in [5.41, 5.74) is 6.82. The van der Waals surface area contributed by atoms with Gasteiger partial charge in [-0.2, -0.15) is 0 Å². The number of carbonyl (C=O) groups excluding carboxylic acids is 1. The SMILES string of the molecule is NC(=O)c1ccc([N+](=O)[O-])c(-c2ccc(O)cc2)c1-c1ccc(O)cc1. The molecule has 7 nitrogen and oxygen atoms in total.